The Hall–Kier alpha value is -3.10. The first-order chi connectivity index (χ1) is 11.6. The average Bonchev–Trinajstić information content (AvgIpc) is 3.34. The molecule has 4 amide bonds. The number of amides is 4. The molecule has 4 rings (SSSR count). The Morgan fingerprint density at radius 2 is 2.25 bits per heavy atom. The molecule has 9 nitrogen and oxygen atoms in total. The van der Waals surface area contributed by atoms with Crippen LogP contribution in [0.15, 0.2) is 28.9 Å². The van der Waals surface area contributed by atoms with Crippen molar-refractivity contribution >= 4 is 17.8 Å². The van der Waals surface area contributed by atoms with E-state index in [1.54, 1.807) is 29.4 Å². The summed E-state index contributed by atoms with van der Waals surface area (Å²) in [6, 6.07) is 4.47. The van der Waals surface area contributed by atoms with Gasteiger partial charge >= 0.3 is 6.03 Å². The van der Waals surface area contributed by atoms with Gasteiger partial charge < -0.3 is 14.6 Å². The normalized spacial score (nSPS) is 20.8. The van der Waals surface area contributed by atoms with E-state index in [0.29, 0.717) is 31.0 Å². The van der Waals surface area contributed by atoms with E-state index in [-0.39, 0.29) is 36.1 Å². The predicted molar refractivity (Wildman–Crippen MR) is 80.8 cm³/mol. The molecule has 9 heteroatoms. The van der Waals surface area contributed by atoms with Gasteiger partial charge in [-0.3, -0.25) is 19.6 Å². The molecule has 0 aromatic carbocycles. The van der Waals surface area contributed by atoms with E-state index in [0.717, 1.165) is 0 Å². The highest BCUT2D eigenvalue weighted by Crippen LogP contribution is 2.22. The first kappa shape index (κ1) is 14.5. The molecular formula is C15H15N5O4. The highest BCUT2D eigenvalue weighted by Gasteiger charge is 2.40. The Morgan fingerprint density at radius 3 is 2.96 bits per heavy atom. The van der Waals surface area contributed by atoms with Gasteiger partial charge in [0, 0.05) is 19.2 Å². The summed E-state index contributed by atoms with van der Waals surface area (Å²) in [5, 5.41) is 9.30. The van der Waals surface area contributed by atoms with Crippen LogP contribution in [0.4, 0.5) is 4.79 Å². The number of carbonyl (C=O) groups is 3. The molecule has 0 radical (unpaired) electrons. The molecule has 124 valence electrons. The number of hydrogen-bond acceptors (Lipinski definition) is 5. The third kappa shape index (κ3) is 2.34. The molecule has 2 fully saturated rings. The molecule has 24 heavy (non-hydrogen) atoms. The van der Waals surface area contributed by atoms with Gasteiger partial charge in [-0.05, 0) is 18.6 Å². The maximum Gasteiger partial charge on any atom is 0.324 e. The Morgan fingerprint density at radius 1 is 1.38 bits per heavy atom. The first-order valence-corrected chi connectivity index (χ1v) is 7.62. The van der Waals surface area contributed by atoms with Crippen molar-refractivity contribution in [2.24, 2.45) is 0 Å². The summed E-state index contributed by atoms with van der Waals surface area (Å²) in [5.74, 6) is 0.109. The van der Waals surface area contributed by atoms with E-state index in [2.05, 4.69) is 15.5 Å². The number of aromatic nitrogens is 2. The summed E-state index contributed by atoms with van der Waals surface area (Å²) in [5.41, 5.74) is 0.896. The summed E-state index contributed by atoms with van der Waals surface area (Å²) < 4.78 is 5.26. The molecule has 2 aliphatic heterocycles. The van der Waals surface area contributed by atoms with Gasteiger partial charge in [0.25, 0.3) is 5.91 Å². The zero-order chi connectivity index (χ0) is 16.7. The molecule has 2 aromatic rings. The monoisotopic (exact) mass is 329 g/mol. The number of likely N-dealkylation sites (tertiary alicyclic amines) is 1. The second-order valence-electron chi connectivity index (χ2n) is 5.76. The van der Waals surface area contributed by atoms with Crippen LogP contribution in [0.3, 0.4) is 0 Å². The molecule has 1 atom stereocenters. The molecule has 2 aromatic heterocycles. The maximum absolute atomic E-state index is 12.6. The molecule has 2 saturated heterocycles. The van der Waals surface area contributed by atoms with Crippen LogP contribution in [0.5, 0.6) is 0 Å². The maximum atomic E-state index is 12.6. The fraction of sp³-hybridized carbons (Fsp3) is 0.333. The summed E-state index contributed by atoms with van der Waals surface area (Å²) in [4.78, 5) is 38.9. The van der Waals surface area contributed by atoms with Gasteiger partial charge in [-0.15, -0.1) is 0 Å². The minimum atomic E-state index is -0.390. The third-order valence-corrected chi connectivity index (χ3v) is 4.28. The van der Waals surface area contributed by atoms with Gasteiger partial charge in [0.15, 0.2) is 11.5 Å². The molecule has 0 aliphatic carbocycles. The highest BCUT2D eigenvalue weighted by molar-refractivity contribution is 6.02. The van der Waals surface area contributed by atoms with Crippen molar-refractivity contribution in [1.29, 1.82) is 0 Å². The van der Waals surface area contributed by atoms with Crippen LogP contribution >= 0.6 is 0 Å². The largest absolute Gasteiger partial charge is 0.463 e. The van der Waals surface area contributed by atoms with Crippen molar-refractivity contribution in [2.45, 2.75) is 12.5 Å². The van der Waals surface area contributed by atoms with Crippen LogP contribution < -0.4 is 5.32 Å². The zero-order valence-electron chi connectivity index (χ0n) is 12.7. The number of rotatable bonds is 3. The van der Waals surface area contributed by atoms with Crippen molar-refractivity contribution < 1.29 is 18.8 Å². The zero-order valence-corrected chi connectivity index (χ0v) is 12.7. The predicted octanol–water partition coefficient (Wildman–Crippen LogP) is 0.436. The molecule has 0 spiro atoms. The summed E-state index contributed by atoms with van der Waals surface area (Å²) in [7, 11) is 0. The number of nitrogens with zero attached hydrogens (tertiary/aromatic N) is 3. The van der Waals surface area contributed by atoms with E-state index in [4.69, 9.17) is 4.42 Å². The van der Waals surface area contributed by atoms with Gasteiger partial charge in [0.05, 0.1) is 18.8 Å². The second-order valence-corrected chi connectivity index (χ2v) is 5.76. The molecular weight excluding hydrogens is 314 g/mol. The number of aromatic amines is 1. The van der Waals surface area contributed by atoms with Crippen LogP contribution in [0.25, 0.3) is 11.5 Å². The molecule has 0 bridgehead atoms. The molecule has 4 heterocycles. The SMILES string of the molecule is O=C(c1cc(-c2ccco2)[nH]n1)N1CCC(N2C(=O)CNC2=O)C1. The highest BCUT2D eigenvalue weighted by atomic mass is 16.3. The van der Waals surface area contributed by atoms with E-state index in [1.165, 1.54) is 4.90 Å². The minimum Gasteiger partial charge on any atom is -0.463 e. The van der Waals surface area contributed by atoms with Crippen molar-refractivity contribution in [3.05, 3.63) is 30.2 Å². The topological polar surface area (TPSA) is 112 Å². The van der Waals surface area contributed by atoms with Crippen LogP contribution in [0.2, 0.25) is 0 Å². The molecule has 2 N–H and O–H groups in total. The van der Waals surface area contributed by atoms with E-state index >= 15 is 0 Å². The lowest BCUT2D eigenvalue weighted by molar-refractivity contribution is -0.126. The Kier molecular flexibility index (Phi) is 3.33. The van der Waals surface area contributed by atoms with Crippen molar-refractivity contribution in [3.63, 3.8) is 0 Å². The van der Waals surface area contributed by atoms with Crippen LogP contribution in [0, 0.1) is 0 Å². The molecule has 2 aliphatic rings. The number of hydrogen-bond donors (Lipinski definition) is 2. The lowest BCUT2D eigenvalue weighted by atomic mass is 10.2. The average molecular weight is 329 g/mol. The van der Waals surface area contributed by atoms with Crippen molar-refractivity contribution in [2.75, 3.05) is 19.6 Å². The molecule has 0 saturated carbocycles. The fourth-order valence-corrected chi connectivity index (χ4v) is 3.09. The first-order valence-electron chi connectivity index (χ1n) is 7.62. The van der Waals surface area contributed by atoms with Crippen molar-refractivity contribution in [3.8, 4) is 11.5 Å². The van der Waals surface area contributed by atoms with Gasteiger partial charge in [0.2, 0.25) is 5.91 Å². The number of H-pyrrole nitrogens is 1. The van der Waals surface area contributed by atoms with Gasteiger partial charge in [-0.25, -0.2) is 4.79 Å². The third-order valence-electron chi connectivity index (χ3n) is 4.28. The number of imide groups is 1. The number of urea groups is 1. The van der Waals surface area contributed by atoms with Gasteiger partial charge in [-0.1, -0.05) is 0 Å². The lowest BCUT2D eigenvalue weighted by Crippen LogP contribution is -2.43. The van der Waals surface area contributed by atoms with Crippen LogP contribution in [0.1, 0.15) is 16.9 Å². The Labute approximate surface area is 136 Å². The van der Waals surface area contributed by atoms with Crippen molar-refractivity contribution in [1.82, 2.24) is 25.3 Å². The fourth-order valence-electron chi connectivity index (χ4n) is 3.09. The van der Waals surface area contributed by atoms with Crippen LogP contribution in [-0.2, 0) is 4.79 Å². The molecule has 1 unspecified atom stereocenters. The Bertz CT molecular complexity index is 781. The van der Waals surface area contributed by atoms with E-state index in [1.807, 2.05) is 0 Å². The number of furan rings is 1. The summed E-state index contributed by atoms with van der Waals surface area (Å²) in [6.07, 6.45) is 2.11. The van der Waals surface area contributed by atoms with Gasteiger partial charge in [0.1, 0.15) is 5.69 Å². The van der Waals surface area contributed by atoms with Crippen LogP contribution in [-0.4, -0.2) is 63.5 Å². The lowest BCUT2D eigenvalue weighted by Gasteiger charge is -2.21. The smallest absolute Gasteiger partial charge is 0.324 e. The van der Waals surface area contributed by atoms with E-state index < -0.39 is 0 Å². The van der Waals surface area contributed by atoms with E-state index in [9.17, 15) is 14.4 Å². The minimum absolute atomic E-state index is 0.0230. The summed E-state index contributed by atoms with van der Waals surface area (Å²) in [6.45, 7) is 0.819. The number of carbonyl (C=O) groups excluding carboxylic acids is 3. The quantitative estimate of drug-likeness (QED) is 0.794. The Balaban J connectivity index is 1.46. The second kappa shape index (κ2) is 5.52. The number of nitrogens with one attached hydrogen (secondary N) is 2. The summed E-state index contributed by atoms with van der Waals surface area (Å²) >= 11 is 0. The standard InChI is InChI=1S/C15H15N5O4/c21-13-7-16-15(23)20(13)9-3-4-19(8-9)14(22)11-6-10(17-18-11)12-2-1-5-24-12/h1-2,5-6,9H,3-4,7-8H2,(H,16,23)(H,17,18). The van der Waals surface area contributed by atoms with Gasteiger partial charge in [-0.2, -0.15) is 5.10 Å².